The van der Waals surface area contributed by atoms with Gasteiger partial charge in [0, 0.05) is 12.7 Å². The highest BCUT2D eigenvalue weighted by Crippen LogP contribution is 2.38. The largest absolute Gasteiger partial charge is 0.329 e. The lowest BCUT2D eigenvalue weighted by Crippen LogP contribution is -2.40. The van der Waals surface area contributed by atoms with Gasteiger partial charge in [-0.05, 0) is 18.4 Å². The van der Waals surface area contributed by atoms with E-state index in [-0.39, 0.29) is 23.7 Å². The van der Waals surface area contributed by atoms with Gasteiger partial charge in [0.15, 0.2) is 0 Å². The molecule has 3 rings (SSSR count). The maximum absolute atomic E-state index is 12.5. The Bertz CT molecular complexity index is 635. The van der Waals surface area contributed by atoms with E-state index in [4.69, 9.17) is 5.73 Å². The van der Waals surface area contributed by atoms with Crippen molar-refractivity contribution in [3.05, 3.63) is 48.3 Å². The van der Waals surface area contributed by atoms with Crippen LogP contribution in [0.15, 0.2) is 42.7 Å². The minimum Gasteiger partial charge on any atom is -0.329 e. The summed E-state index contributed by atoms with van der Waals surface area (Å²) in [5, 5.41) is 7.29. The highest BCUT2D eigenvalue weighted by Gasteiger charge is 2.39. The number of carbonyl (C=O) groups excluding carboxylic acids is 1. The number of benzene rings is 1. The molecule has 5 nitrogen and oxygen atoms in total. The van der Waals surface area contributed by atoms with Gasteiger partial charge in [0.05, 0.1) is 23.8 Å². The number of hydrogen-bond acceptors (Lipinski definition) is 3. The molecule has 0 radical (unpaired) electrons. The van der Waals surface area contributed by atoms with Crippen LogP contribution in [0.25, 0.3) is 0 Å². The average Bonchev–Trinajstić information content (AvgIpc) is 3.18. The molecule has 0 atom stereocenters. The molecule has 1 aliphatic rings. The third kappa shape index (κ3) is 3.92. The van der Waals surface area contributed by atoms with Crippen molar-refractivity contribution in [1.29, 1.82) is 0 Å². The van der Waals surface area contributed by atoms with E-state index in [1.165, 1.54) is 5.56 Å². The van der Waals surface area contributed by atoms with E-state index in [0.29, 0.717) is 13.1 Å². The molecule has 23 heavy (non-hydrogen) atoms. The predicted octanol–water partition coefficient (Wildman–Crippen LogP) is 2.81. The molecule has 124 valence electrons. The molecule has 0 unspecified atom stereocenters. The van der Waals surface area contributed by atoms with Crippen LogP contribution < -0.4 is 11.1 Å². The number of nitrogens with one attached hydrogen (secondary N) is 1. The summed E-state index contributed by atoms with van der Waals surface area (Å²) < 4.78 is 1.83. The fraction of sp³-hybridized carbons (Fsp3) is 0.412. The zero-order chi connectivity index (χ0) is 15.4. The number of carbonyl (C=O) groups is 1. The minimum atomic E-state index is -0.387. The van der Waals surface area contributed by atoms with Crippen molar-refractivity contribution in [2.24, 2.45) is 11.1 Å². The zero-order valence-electron chi connectivity index (χ0n) is 13.1. The van der Waals surface area contributed by atoms with E-state index in [1.807, 2.05) is 29.1 Å². The Labute approximate surface area is 142 Å². The highest BCUT2D eigenvalue weighted by atomic mass is 35.5. The van der Waals surface area contributed by atoms with Crippen molar-refractivity contribution in [1.82, 2.24) is 9.78 Å². The SMILES string of the molecule is Cl.NCC1(C(=O)Nc2cnn(Cc3ccccc3)c2)CCCC1. The van der Waals surface area contributed by atoms with Crippen molar-refractivity contribution < 1.29 is 4.79 Å². The fourth-order valence-corrected chi connectivity index (χ4v) is 3.12. The lowest BCUT2D eigenvalue weighted by atomic mass is 9.85. The van der Waals surface area contributed by atoms with Crippen LogP contribution in [-0.4, -0.2) is 22.2 Å². The van der Waals surface area contributed by atoms with Gasteiger partial charge in [-0.3, -0.25) is 9.48 Å². The van der Waals surface area contributed by atoms with Crippen LogP contribution in [0.2, 0.25) is 0 Å². The number of hydrogen-bond donors (Lipinski definition) is 2. The normalized spacial score (nSPS) is 15.9. The molecule has 3 N–H and O–H groups in total. The second-order valence-corrected chi connectivity index (χ2v) is 6.06. The molecule has 1 aromatic heterocycles. The lowest BCUT2D eigenvalue weighted by Gasteiger charge is -2.25. The summed E-state index contributed by atoms with van der Waals surface area (Å²) in [7, 11) is 0. The maximum Gasteiger partial charge on any atom is 0.231 e. The van der Waals surface area contributed by atoms with Gasteiger partial charge in [0.1, 0.15) is 0 Å². The third-order valence-electron chi connectivity index (χ3n) is 4.51. The molecule has 1 aromatic carbocycles. The summed E-state index contributed by atoms with van der Waals surface area (Å²) in [5.74, 6) is 0.0340. The van der Waals surface area contributed by atoms with Crippen LogP contribution in [0.5, 0.6) is 0 Å². The Morgan fingerprint density at radius 2 is 1.96 bits per heavy atom. The molecule has 2 aromatic rings. The number of anilines is 1. The molecular formula is C17H23ClN4O. The number of aromatic nitrogens is 2. The predicted molar refractivity (Wildman–Crippen MR) is 93.6 cm³/mol. The first kappa shape index (κ1) is 17.5. The first-order valence-electron chi connectivity index (χ1n) is 7.80. The van der Waals surface area contributed by atoms with Crippen LogP contribution in [0.3, 0.4) is 0 Å². The summed E-state index contributed by atoms with van der Waals surface area (Å²) in [5.41, 5.74) is 7.38. The third-order valence-corrected chi connectivity index (χ3v) is 4.51. The standard InChI is InChI=1S/C17H22N4O.ClH/c18-13-17(8-4-5-9-17)16(22)20-15-10-19-21(12-15)11-14-6-2-1-3-7-14;/h1-3,6-7,10,12H,4-5,8-9,11,13,18H2,(H,20,22);1H. The van der Waals surface area contributed by atoms with Crippen molar-refractivity contribution in [3.63, 3.8) is 0 Å². The van der Waals surface area contributed by atoms with Crippen LogP contribution in [0, 0.1) is 5.41 Å². The molecule has 1 amide bonds. The molecule has 0 saturated heterocycles. The lowest BCUT2D eigenvalue weighted by molar-refractivity contribution is -0.124. The van der Waals surface area contributed by atoms with Gasteiger partial charge < -0.3 is 11.1 Å². The summed E-state index contributed by atoms with van der Waals surface area (Å²) in [6.45, 7) is 1.11. The van der Waals surface area contributed by atoms with Crippen LogP contribution >= 0.6 is 12.4 Å². The van der Waals surface area contributed by atoms with E-state index in [2.05, 4.69) is 22.5 Å². The van der Waals surface area contributed by atoms with E-state index in [9.17, 15) is 4.79 Å². The van der Waals surface area contributed by atoms with E-state index in [0.717, 1.165) is 31.4 Å². The molecule has 0 spiro atoms. The summed E-state index contributed by atoms with van der Waals surface area (Å²) in [6, 6.07) is 10.1. The molecule has 1 heterocycles. The topological polar surface area (TPSA) is 72.9 Å². The molecular weight excluding hydrogens is 312 g/mol. The molecule has 0 bridgehead atoms. The Morgan fingerprint density at radius 3 is 2.61 bits per heavy atom. The number of nitrogens with zero attached hydrogens (tertiary/aromatic N) is 2. The van der Waals surface area contributed by atoms with E-state index >= 15 is 0 Å². The number of rotatable bonds is 5. The average molecular weight is 335 g/mol. The fourth-order valence-electron chi connectivity index (χ4n) is 3.12. The molecule has 1 fully saturated rings. The van der Waals surface area contributed by atoms with Crippen LogP contribution in [0.4, 0.5) is 5.69 Å². The molecule has 0 aliphatic heterocycles. The molecule has 1 saturated carbocycles. The smallest absolute Gasteiger partial charge is 0.231 e. The summed E-state index contributed by atoms with van der Waals surface area (Å²) in [6.07, 6.45) is 7.49. The van der Waals surface area contributed by atoms with Crippen molar-refractivity contribution in [3.8, 4) is 0 Å². The first-order chi connectivity index (χ1) is 10.7. The Hall–Kier alpha value is -1.85. The maximum atomic E-state index is 12.5. The van der Waals surface area contributed by atoms with E-state index in [1.54, 1.807) is 6.20 Å². The van der Waals surface area contributed by atoms with Crippen molar-refractivity contribution in [2.45, 2.75) is 32.2 Å². The quantitative estimate of drug-likeness (QED) is 0.883. The van der Waals surface area contributed by atoms with Crippen molar-refractivity contribution in [2.75, 3.05) is 11.9 Å². The van der Waals surface area contributed by atoms with Gasteiger partial charge in [-0.25, -0.2) is 0 Å². The van der Waals surface area contributed by atoms with Crippen LogP contribution in [0.1, 0.15) is 31.2 Å². The summed E-state index contributed by atoms with van der Waals surface area (Å²) >= 11 is 0. The summed E-state index contributed by atoms with van der Waals surface area (Å²) in [4.78, 5) is 12.5. The number of amides is 1. The Kier molecular flexibility index (Phi) is 5.80. The molecule has 6 heteroatoms. The van der Waals surface area contributed by atoms with Crippen molar-refractivity contribution >= 4 is 24.0 Å². The van der Waals surface area contributed by atoms with Crippen LogP contribution in [-0.2, 0) is 11.3 Å². The molecule has 1 aliphatic carbocycles. The Balaban J connectivity index is 0.00000192. The highest BCUT2D eigenvalue weighted by molar-refractivity contribution is 5.95. The Morgan fingerprint density at radius 1 is 1.26 bits per heavy atom. The van der Waals surface area contributed by atoms with Gasteiger partial charge in [-0.15, -0.1) is 12.4 Å². The van der Waals surface area contributed by atoms with E-state index < -0.39 is 0 Å². The minimum absolute atomic E-state index is 0. The van der Waals surface area contributed by atoms with Gasteiger partial charge in [0.25, 0.3) is 0 Å². The van der Waals surface area contributed by atoms with Gasteiger partial charge in [0.2, 0.25) is 5.91 Å². The van der Waals surface area contributed by atoms with Gasteiger partial charge in [-0.2, -0.15) is 5.10 Å². The zero-order valence-corrected chi connectivity index (χ0v) is 13.9. The second kappa shape index (κ2) is 7.62. The first-order valence-corrected chi connectivity index (χ1v) is 7.80. The number of nitrogens with two attached hydrogens (primary N) is 1. The van der Waals surface area contributed by atoms with Gasteiger partial charge >= 0.3 is 0 Å². The second-order valence-electron chi connectivity index (χ2n) is 6.06. The monoisotopic (exact) mass is 334 g/mol. The number of halogens is 1. The van der Waals surface area contributed by atoms with Gasteiger partial charge in [-0.1, -0.05) is 43.2 Å².